The molecule has 7 nitrogen and oxygen atoms in total. The number of hydrogen-bond acceptors (Lipinski definition) is 5. The number of amides is 2. The van der Waals surface area contributed by atoms with Crippen molar-refractivity contribution in [1.29, 1.82) is 0 Å². The van der Waals surface area contributed by atoms with Gasteiger partial charge in [0.2, 0.25) is 0 Å². The molecule has 0 spiro atoms. The van der Waals surface area contributed by atoms with Gasteiger partial charge in [0.1, 0.15) is 5.75 Å². The normalized spacial score (nSPS) is 15.7. The van der Waals surface area contributed by atoms with Crippen LogP contribution in [0.5, 0.6) is 5.75 Å². The molecule has 130 valence electrons. The Hall–Kier alpha value is -2.57. The van der Waals surface area contributed by atoms with E-state index in [2.05, 4.69) is 17.6 Å². The summed E-state index contributed by atoms with van der Waals surface area (Å²) in [5, 5.41) is 5.34. The lowest BCUT2D eigenvalue weighted by atomic mass is 10.1. The van der Waals surface area contributed by atoms with Crippen LogP contribution in [-0.4, -0.2) is 37.0 Å². The van der Waals surface area contributed by atoms with Gasteiger partial charge >= 0.3 is 5.97 Å². The predicted molar refractivity (Wildman–Crippen MR) is 87.6 cm³/mol. The number of carbonyl (C=O) groups excluding carboxylic acids is 3. The lowest BCUT2D eigenvalue weighted by Gasteiger charge is -2.25. The number of rotatable bonds is 8. The van der Waals surface area contributed by atoms with Crippen LogP contribution in [0.1, 0.15) is 32.6 Å². The summed E-state index contributed by atoms with van der Waals surface area (Å²) in [6, 6.07) is 6.96. The van der Waals surface area contributed by atoms with Crippen LogP contribution >= 0.6 is 0 Å². The van der Waals surface area contributed by atoms with E-state index in [9.17, 15) is 14.4 Å². The third-order valence-corrected chi connectivity index (χ3v) is 3.53. The van der Waals surface area contributed by atoms with Crippen molar-refractivity contribution in [2.75, 3.05) is 18.5 Å². The maximum atomic E-state index is 11.9. The van der Waals surface area contributed by atoms with E-state index in [1.165, 1.54) is 0 Å². The second-order valence-electron chi connectivity index (χ2n) is 5.51. The molecule has 0 bridgehead atoms. The van der Waals surface area contributed by atoms with Crippen LogP contribution in [0.25, 0.3) is 0 Å². The number of ether oxygens (including phenoxy) is 2. The van der Waals surface area contributed by atoms with Gasteiger partial charge in [0.15, 0.2) is 12.7 Å². The van der Waals surface area contributed by atoms with Crippen LogP contribution < -0.4 is 15.4 Å². The van der Waals surface area contributed by atoms with Gasteiger partial charge in [0.25, 0.3) is 11.8 Å². The van der Waals surface area contributed by atoms with Crippen LogP contribution in [0, 0.1) is 0 Å². The summed E-state index contributed by atoms with van der Waals surface area (Å²) >= 11 is 0. The number of esters is 1. The van der Waals surface area contributed by atoms with Gasteiger partial charge in [-0.3, -0.25) is 14.4 Å². The minimum atomic E-state index is -0.958. The van der Waals surface area contributed by atoms with E-state index in [0.717, 1.165) is 19.3 Å². The van der Waals surface area contributed by atoms with Gasteiger partial charge in [0, 0.05) is 6.54 Å². The number of unbranched alkanes of at least 4 members (excludes halogenated alkanes) is 2. The largest absolute Gasteiger partial charge is 0.478 e. The Bertz CT molecular complexity index is 602. The summed E-state index contributed by atoms with van der Waals surface area (Å²) in [5.74, 6) is -0.907. The fraction of sp³-hybridized carbons (Fsp3) is 0.471. The summed E-state index contributed by atoms with van der Waals surface area (Å²) in [7, 11) is 0. The second-order valence-corrected chi connectivity index (χ2v) is 5.51. The van der Waals surface area contributed by atoms with Gasteiger partial charge in [-0.25, -0.2) is 0 Å². The number of nitrogens with one attached hydrogen (secondary N) is 2. The van der Waals surface area contributed by atoms with Crippen LogP contribution in [0.2, 0.25) is 0 Å². The lowest BCUT2D eigenvalue weighted by molar-refractivity contribution is -0.151. The molecule has 0 saturated carbocycles. The molecule has 24 heavy (non-hydrogen) atoms. The van der Waals surface area contributed by atoms with Crippen LogP contribution in [0.4, 0.5) is 5.69 Å². The van der Waals surface area contributed by atoms with Crippen LogP contribution in [-0.2, 0) is 19.1 Å². The average molecular weight is 334 g/mol. The second kappa shape index (κ2) is 8.90. The Morgan fingerprint density at radius 3 is 2.88 bits per heavy atom. The van der Waals surface area contributed by atoms with Crippen LogP contribution in [0.3, 0.4) is 0 Å². The monoisotopic (exact) mass is 334 g/mol. The molecule has 2 N–H and O–H groups in total. The average Bonchev–Trinajstić information content (AvgIpc) is 2.57. The first-order valence-electron chi connectivity index (χ1n) is 8.09. The first-order valence-corrected chi connectivity index (χ1v) is 8.09. The number of carbonyl (C=O) groups is 3. The van der Waals surface area contributed by atoms with Gasteiger partial charge in [-0.1, -0.05) is 31.9 Å². The van der Waals surface area contributed by atoms with Crippen molar-refractivity contribution in [1.82, 2.24) is 5.32 Å². The van der Waals surface area contributed by atoms with E-state index in [1.54, 1.807) is 24.3 Å². The highest BCUT2D eigenvalue weighted by Gasteiger charge is 2.30. The van der Waals surface area contributed by atoms with Gasteiger partial charge in [-0.15, -0.1) is 0 Å². The van der Waals surface area contributed by atoms with Crippen molar-refractivity contribution < 1.29 is 23.9 Å². The minimum absolute atomic E-state index is 0.247. The number of para-hydroxylation sites is 2. The summed E-state index contributed by atoms with van der Waals surface area (Å²) in [6.45, 7) is 2.29. The molecule has 7 heteroatoms. The molecule has 1 atom stereocenters. The Morgan fingerprint density at radius 2 is 2.08 bits per heavy atom. The molecule has 1 aliphatic heterocycles. The van der Waals surface area contributed by atoms with Gasteiger partial charge in [-0.2, -0.15) is 0 Å². The van der Waals surface area contributed by atoms with E-state index in [-0.39, 0.29) is 18.9 Å². The Morgan fingerprint density at radius 1 is 1.29 bits per heavy atom. The maximum absolute atomic E-state index is 11.9. The van der Waals surface area contributed by atoms with Crippen molar-refractivity contribution in [3.8, 4) is 5.75 Å². The number of benzene rings is 1. The molecular formula is C17H22N2O5. The third-order valence-electron chi connectivity index (χ3n) is 3.53. The smallest absolute Gasteiger partial charge is 0.310 e. The molecule has 1 aliphatic rings. The lowest BCUT2D eigenvalue weighted by Crippen LogP contribution is -2.39. The standard InChI is InChI=1S/C17H22N2O5/c1-2-3-6-9-18-15(20)11-23-16(21)10-14-17(22)19-12-7-4-5-8-13(12)24-14/h4-5,7-8,14H,2-3,6,9-11H2,1H3,(H,18,20)(H,19,22)/t14-/m1/s1. The number of anilines is 1. The van der Waals surface area contributed by atoms with E-state index in [4.69, 9.17) is 9.47 Å². The molecule has 2 rings (SSSR count). The summed E-state index contributed by atoms with van der Waals surface area (Å²) < 4.78 is 10.4. The fourth-order valence-electron chi connectivity index (χ4n) is 2.24. The molecule has 0 unspecified atom stereocenters. The molecule has 1 heterocycles. The molecule has 0 aromatic heterocycles. The van der Waals surface area contributed by atoms with Gasteiger partial charge < -0.3 is 20.1 Å². The zero-order valence-electron chi connectivity index (χ0n) is 13.7. The molecular weight excluding hydrogens is 312 g/mol. The Labute approximate surface area is 140 Å². The highest BCUT2D eigenvalue weighted by molar-refractivity contribution is 5.99. The number of fused-ring (bicyclic) bond motifs is 1. The first kappa shape index (κ1) is 17.8. The molecule has 1 aromatic rings. The number of hydrogen-bond donors (Lipinski definition) is 2. The molecule has 1 aromatic carbocycles. The molecule has 0 aliphatic carbocycles. The minimum Gasteiger partial charge on any atom is -0.478 e. The highest BCUT2D eigenvalue weighted by Crippen LogP contribution is 2.29. The van der Waals surface area contributed by atoms with E-state index in [1.807, 2.05) is 0 Å². The van der Waals surface area contributed by atoms with Gasteiger partial charge in [-0.05, 0) is 18.6 Å². The maximum Gasteiger partial charge on any atom is 0.310 e. The van der Waals surface area contributed by atoms with Crippen molar-refractivity contribution in [2.24, 2.45) is 0 Å². The molecule has 0 fully saturated rings. The van der Waals surface area contributed by atoms with Crippen molar-refractivity contribution in [3.05, 3.63) is 24.3 Å². The zero-order valence-corrected chi connectivity index (χ0v) is 13.7. The summed E-state index contributed by atoms with van der Waals surface area (Å²) in [4.78, 5) is 35.2. The predicted octanol–water partition coefficient (Wildman–Crippen LogP) is 1.63. The summed E-state index contributed by atoms with van der Waals surface area (Å²) in [5.41, 5.74) is 0.568. The topological polar surface area (TPSA) is 93.7 Å². The zero-order chi connectivity index (χ0) is 17.4. The Kier molecular flexibility index (Phi) is 6.60. The van der Waals surface area contributed by atoms with Crippen molar-refractivity contribution in [2.45, 2.75) is 38.7 Å². The van der Waals surface area contributed by atoms with Crippen LogP contribution in [0.15, 0.2) is 24.3 Å². The quantitative estimate of drug-likeness (QED) is 0.557. The molecule has 2 amide bonds. The highest BCUT2D eigenvalue weighted by atomic mass is 16.5. The SMILES string of the molecule is CCCCCNC(=O)COC(=O)C[C@H]1Oc2ccccc2NC1=O. The Balaban J connectivity index is 1.73. The van der Waals surface area contributed by atoms with E-state index < -0.39 is 18.0 Å². The molecule has 0 radical (unpaired) electrons. The third kappa shape index (κ3) is 5.26. The van der Waals surface area contributed by atoms with Crippen molar-refractivity contribution in [3.63, 3.8) is 0 Å². The first-order chi connectivity index (χ1) is 11.6. The molecule has 0 saturated heterocycles. The van der Waals surface area contributed by atoms with Crippen molar-refractivity contribution >= 4 is 23.5 Å². The van der Waals surface area contributed by atoms with E-state index >= 15 is 0 Å². The fourth-order valence-corrected chi connectivity index (χ4v) is 2.24. The van der Waals surface area contributed by atoms with Gasteiger partial charge in [0.05, 0.1) is 12.1 Å². The summed E-state index contributed by atoms with van der Waals surface area (Å²) in [6.07, 6.45) is 1.79. The van der Waals surface area contributed by atoms with E-state index in [0.29, 0.717) is 18.0 Å².